The molecule has 17 heteroatoms. The second-order valence-corrected chi connectivity index (χ2v) is 26.0. The summed E-state index contributed by atoms with van der Waals surface area (Å²) in [6, 6.07) is 29.2. The molecule has 1 saturated heterocycles. The molecule has 0 radical (unpaired) electrons. The van der Waals surface area contributed by atoms with Gasteiger partial charge in [0.2, 0.25) is 7.37 Å². The van der Waals surface area contributed by atoms with Crippen molar-refractivity contribution >= 4 is 49.9 Å². The zero-order chi connectivity index (χ0) is 46.8. The molecule has 5 aromatic rings. The molecule has 65 heavy (non-hydrogen) atoms. The van der Waals surface area contributed by atoms with Crippen LogP contribution in [0.15, 0.2) is 97.1 Å². The van der Waals surface area contributed by atoms with Gasteiger partial charge < -0.3 is 23.1 Å². The fourth-order valence-electron chi connectivity index (χ4n) is 7.37. The number of hydrogen-bond acceptors (Lipinski definition) is 14. The van der Waals surface area contributed by atoms with Crippen LogP contribution in [0.3, 0.4) is 0 Å². The minimum Gasteiger partial charge on any atom is -0.457 e. The molecular formula is C48H61N6O8P3. The van der Waals surface area contributed by atoms with E-state index in [-0.39, 0.29) is 36.4 Å². The third kappa shape index (κ3) is 14.9. The Morgan fingerprint density at radius 2 is 0.908 bits per heavy atom. The van der Waals surface area contributed by atoms with Crippen molar-refractivity contribution < 1.29 is 37.3 Å². The quantitative estimate of drug-likeness (QED) is 0.0709. The lowest BCUT2D eigenvalue weighted by atomic mass is 10.2. The first-order valence-electron chi connectivity index (χ1n) is 21.8. The first kappa shape index (κ1) is 49.8. The van der Waals surface area contributed by atoms with Crippen molar-refractivity contribution in [3.05, 3.63) is 142 Å². The van der Waals surface area contributed by atoms with Gasteiger partial charge in [0.05, 0.1) is 40.3 Å². The van der Waals surface area contributed by atoms with Crippen molar-refractivity contribution in [1.82, 2.24) is 29.7 Å². The molecule has 2 aromatic carbocycles. The normalized spacial score (nSPS) is 15.6. The fourth-order valence-corrected chi connectivity index (χ4v) is 10.4. The highest BCUT2D eigenvalue weighted by molar-refractivity contribution is 7.70. The number of hydrogen-bond donors (Lipinski definition) is 0. The molecule has 346 valence electrons. The molecule has 1 fully saturated rings. The van der Waals surface area contributed by atoms with Crippen molar-refractivity contribution in [3.63, 3.8) is 0 Å². The highest BCUT2D eigenvalue weighted by Gasteiger charge is 2.27. The van der Waals surface area contributed by atoms with Gasteiger partial charge in [-0.05, 0) is 93.6 Å². The molecule has 14 nitrogen and oxygen atoms in total. The first-order chi connectivity index (χ1) is 30.8. The van der Waals surface area contributed by atoms with Crippen LogP contribution in [0.1, 0.15) is 61.4 Å². The van der Waals surface area contributed by atoms with Crippen molar-refractivity contribution in [1.29, 1.82) is 0 Å². The summed E-state index contributed by atoms with van der Waals surface area (Å²) in [5.74, 6) is -1.09. The summed E-state index contributed by atoms with van der Waals surface area (Å²) in [7, 11) is -8.90. The molecule has 0 bridgehead atoms. The van der Waals surface area contributed by atoms with E-state index >= 15 is 0 Å². The average Bonchev–Trinajstić information content (AvgIpc) is 3.35. The van der Waals surface area contributed by atoms with Gasteiger partial charge in [-0.15, -0.1) is 0 Å². The topological polar surface area (TPSA) is 161 Å². The SMILES string of the molecule is CCOP(C)(=O)c1cc(C(=O)OCc2ccccc2)cc(CN2CCN(Cc3cc(C)cc(P(C)(C)=O)n3)CCN(Cc3cc(C(=O)OCc4ccccc4)cc(P(C)(C)=O)n3)CC2)n1. The predicted octanol–water partition coefficient (Wildman–Crippen LogP) is 6.78. The third-order valence-electron chi connectivity index (χ3n) is 10.9. The van der Waals surface area contributed by atoms with Gasteiger partial charge in [-0.25, -0.2) is 24.5 Å². The lowest BCUT2D eigenvalue weighted by molar-refractivity contribution is 0.0463. The Labute approximate surface area is 383 Å². The maximum Gasteiger partial charge on any atom is 0.338 e. The summed E-state index contributed by atoms with van der Waals surface area (Å²) in [6.45, 7) is 17.3. The molecular weight excluding hydrogens is 881 g/mol. The second kappa shape index (κ2) is 22.2. The van der Waals surface area contributed by atoms with Gasteiger partial charge >= 0.3 is 11.9 Å². The standard InChI is InChI=1S/C48H61N6O8P3/c1-8-62-65(7,59)46-30-40(48(56)61-35-38-17-13-10-14-18-38)28-43(51-46)33-54-22-20-52(31-41-25-36(2)26-44(49-41)63(3,4)57)19-21-53(23-24-54)32-42-27-39(29-45(50-42)64(5,6)58)47(55)60-34-37-15-11-9-12-16-37/h9-18,25-30H,8,19-24,31-35H2,1-7H3. The molecule has 3 aromatic heterocycles. The number of rotatable bonds is 17. The van der Waals surface area contributed by atoms with E-state index in [1.807, 2.05) is 79.7 Å². The number of aromatic nitrogens is 3. The van der Waals surface area contributed by atoms with E-state index in [4.69, 9.17) is 28.9 Å². The predicted molar refractivity (Wildman–Crippen MR) is 257 cm³/mol. The zero-order valence-corrected chi connectivity index (χ0v) is 41.2. The van der Waals surface area contributed by atoms with E-state index in [2.05, 4.69) is 14.7 Å². The highest BCUT2D eigenvalue weighted by Crippen LogP contribution is 2.40. The van der Waals surface area contributed by atoms with Crippen molar-refractivity contribution in [3.8, 4) is 0 Å². The van der Waals surface area contributed by atoms with E-state index in [1.54, 1.807) is 51.8 Å². The number of ether oxygens (including phenoxy) is 2. The Morgan fingerprint density at radius 3 is 1.31 bits per heavy atom. The van der Waals surface area contributed by atoms with Crippen molar-refractivity contribution in [2.24, 2.45) is 0 Å². The van der Waals surface area contributed by atoms with Crippen LogP contribution in [0.4, 0.5) is 0 Å². The summed E-state index contributed by atoms with van der Waals surface area (Å²) in [5.41, 5.74) is 6.27. The summed E-state index contributed by atoms with van der Waals surface area (Å²) in [4.78, 5) is 48.3. The Hall–Kier alpha value is -4.64. The van der Waals surface area contributed by atoms with E-state index in [1.165, 1.54) is 12.7 Å². The summed E-state index contributed by atoms with van der Waals surface area (Å²) >= 11 is 0. The van der Waals surface area contributed by atoms with Crippen molar-refractivity contribution in [2.45, 2.75) is 46.7 Å². The minimum absolute atomic E-state index is 0.0766. The van der Waals surface area contributed by atoms with Gasteiger partial charge in [-0.1, -0.05) is 60.7 Å². The number of aryl methyl sites for hydroxylation is 1. The number of benzene rings is 2. The molecule has 0 N–H and O–H groups in total. The minimum atomic E-state index is -3.40. The van der Waals surface area contributed by atoms with Crippen LogP contribution in [-0.4, -0.2) is 121 Å². The van der Waals surface area contributed by atoms with Gasteiger partial charge in [-0.2, -0.15) is 0 Å². The molecule has 0 aliphatic carbocycles. The van der Waals surface area contributed by atoms with Gasteiger partial charge in [0, 0.05) is 65.6 Å². The molecule has 1 aliphatic heterocycles. The molecule has 1 atom stereocenters. The molecule has 0 amide bonds. The van der Waals surface area contributed by atoms with E-state index in [9.17, 15) is 23.3 Å². The number of esters is 2. The van der Waals surface area contributed by atoms with Crippen LogP contribution in [0, 0.1) is 6.92 Å². The van der Waals surface area contributed by atoms with Gasteiger partial charge in [0.15, 0.2) is 0 Å². The fraction of sp³-hybridized carbons (Fsp3) is 0.396. The summed E-state index contributed by atoms with van der Waals surface area (Å²) in [6.07, 6.45) is 0. The monoisotopic (exact) mass is 942 g/mol. The number of carbonyl (C=O) groups excluding carboxylic acids is 2. The lowest BCUT2D eigenvalue weighted by Crippen LogP contribution is -2.36. The van der Waals surface area contributed by atoms with Crippen LogP contribution >= 0.6 is 21.7 Å². The first-order valence-corrected chi connectivity index (χ1v) is 29.0. The Morgan fingerprint density at radius 1 is 0.538 bits per heavy atom. The Kier molecular flexibility index (Phi) is 17.0. The molecule has 0 saturated carbocycles. The third-order valence-corrected chi connectivity index (χ3v) is 15.4. The largest absolute Gasteiger partial charge is 0.457 e. The van der Waals surface area contributed by atoms with Gasteiger partial charge in [-0.3, -0.25) is 19.3 Å². The number of pyridine rings is 3. The van der Waals surface area contributed by atoms with Crippen LogP contribution in [0.5, 0.6) is 0 Å². The Balaban J connectivity index is 1.30. The van der Waals surface area contributed by atoms with Gasteiger partial charge in [0.25, 0.3) is 0 Å². The van der Waals surface area contributed by atoms with E-state index < -0.39 is 33.6 Å². The molecule has 0 spiro atoms. The maximum absolute atomic E-state index is 13.8. The lowest BCUT2D eigenvalue weighted by Gasteiger charge is -2.26. The zero-order valence-electron chi connectivity index (χ0n) is 38.5. The van der Waals surface area contributed by atoms with Crippen LogP contribution in [0.2, 0.25) is 0 Å². The van der Waals surface area contributed by atoms with Crippen LogP contribution in [0.25, 0.3) is 0 Å². The highest BCUT2D eigenvalue weighted by atomic mass is 31.2. The van der Waals surface area contributed by atoms with Gasteiger partial charge in [0.1, 0.15) is 38.4 Å². The van der Waals surface area contributed by atoms with Crippen molar-refractivity contribution in [2.75, 3.05) is 79.2 Å². The smallest absolute Gasteiger partial charge is 0.338 e. The van der Waals surface area contributed by atoms with Crippen LogP contribution < -0.4 is 16.3 Å². The Bertz CT molecular complexity index is 2590. The second-order valence-electron chi connectivity index (χ2n) is 17.3. The molecule has 1 unspecified atom stereocenters. The van der Waals surface area contributed by atoms with E-state index in [0.29, 0.717) is 81.2 Å². The molecule has 1 aliphatic rings. The molecule has 6 rings (SSSR count). The number of nitrogens with zero attached hydrogens (tertiary/aromatic N) is 6. The maximum atomic E-state index is 13.8. The van der Waals surface area contributed by atoms with E-state index in [0.717, 1.165) is 22.4 Å². The number of carbonyl (C=O) groups is 2. The summed E-state index contributed by atoms with van der Waals surface area (Å²) in [5, 5.41) is 0. The van der Waals surface area contributed by atoms with Crippen LogP contribution in [-0.2, 0) is 60.5 Å². The summed E-state index contributed by atoms with van der Waals surface area (Å²) < 4.78 is 57.5. The molecule has 4 heterocycles. The average molecular weight is 943 g/mol.